The molecule has 3 atom stereocenters. The van der Waals surface area contributed by atoms with Crippen molar-refractivity contribution in [1.82, 2.24) is 0 Å². The zero-order chi connectivity index (χ0) is 12.0. The Morgan fingerprint density at radius 3 is 1.87 bits per heavy atom. The minimum atomic E-state index is -0.456. The van der Waals surface area contributed by atoms with Gasteiger partial charge in [0.1, 0.15) is 12.2 Å². The molecule has 0 heterocycles. The second-order valence-corrected chi connectivity index (χ2v) is 3.81. The molecule has 0 aliphatic carbocycles. The van der Waals surface area contributed by atoms with Crippen LogP contribution in [0.4, 0.5) is 0 Å². The average Bonchev–Trinajstić information content (AvgIpc) is 2.14. The van der Waals surface area contributed by atoms with E-state index in [0.29, 0.717) is 6.42 Å². The Kier molecular flexibility index (Phi) is 6.36. The molecule has 0 aromatic heterocycles. The second kappa shape index (κ2) is 6.69. The van der Waals surface area contributed by atoms with Crippen LogP contribution < -0.4 is 0 Å². The quantitative estimate of drug-likeness (QED) is 0.642. The van der Waals surface area contributed by atoms with Gasteiger partial charge in [-0.25, -0.2) is 0 Å². The summed E-state index contributed by atoms with van der Waals surface area (Å²) in [7, 11) is 2.99. The molecule has 0 aliphatic rings. The van der Waals surface area contributed by atoms with Crippen LogP contribution in [0.1, 0.15) is 27.2 Å². The third kappa shape index (κ3) is 4.53. The first-order valence-corrected chi connectivity index (χ1v) is 5.00. The number of methoxy groups -OCH3 is 2. The van der Waals surface area contributed by atoms with Crippen molar-refractivity contribution in [3.8, 4) is 0 Å². The van der Waals surface area contributed by atoms with Crippen molar-refractivity contribution < 1.29 is 19.1 Å². The molecule has 0 rings (SSSR count). The fourth-order valence-corrected chi connectivity index (χ4v) is 1.69. The SMILES string of the molecule is COC(CC(C)C(OC)C(C)=O)C(C)=O. The van der Waals surface area contributed by atoms with Gasteiger partial charge in [0.2, 0.25) is 0 Å². The highest BCUT2D eigenvalue weighted by atomic mass is 16.5. The van der Waals surface area contributed by atoms with E-state index < -0.39 is 12.2 Å². The van der Waals surface area contributed by atoms with Gasteiger partial charge >= 0.3 is 0 Å². The minimum Gasteiger partial charge on any atom is -0.374 e. The third-order valence-corrected chi connectivity index (χ3v) is 2.50. The van der Waals surface area contributed by atoms with Crippen LogP contribution in [0, 0.1) is 5.92 Å². The van der Waals surface area contributed by atoms with E-state index in [0.717, 1.165) is 0 Å². The van der Waals surface area contributed by atoms with Crippen LogP contribution in [-0.2, 0) is 19.1 Å². The number of Topliss-reactive ketones (excluding diaryl/α,β-unsaturated/α-hetero) is 2. The molecule has 0 aromatic carbocycles. The normalized spacial score (nSPS) is 16.9. The van der Waals surface area contributed by atoms with Gasteiger partial charge in [-0.1, -0.05) is 6.92 Å². The Morgan fingerprint density at radius 1 is 1.07 bits per heavy atom. The molecule has 15 heavy (non-hydrogen) atoms. The fraction of sp³-hybridized carbons (Fsp3) is 0.818. The van der Waals surface area contributed by atoms with E-state index >= 15 is 0 Å². The zero-order valence-corrected chi connectivity index (χ0v) is 10.1. The van der Waals surface area contributed by atoms with Crippen molar-refractivity contribution in [3.05, 3.63) is 0 Å². The maximum atomic E-state index is 11.2. The third-order valence-electron chi connectivity index (χ3n) is 2.50. The summed E-state index contributed by atoms with van der Waals surface area (Å²) in [6, 6.07) is 0. The van der Waals surface area contributed by atoms with Gasteiger partial charge in [-0.2, -0.15) is 0 Å². The van der Waals surface area contributed by atoms with Crippen molar-refractivity contribution in [3.63, 3.8) is 0 Å². The first-order chi connectivity index (χ1) is 6.93. The van der Waals surface area contributed by atoms with Gasteiger partial charge in [0.25, 0.3) is 0 Å². The lowest BCUT2D eigenvalue weighted by atomic mass is 9.93. The summed E-state index contributed by atoms with van der Waals surface area (Å²) in [4.78, 5) is 22.3. The number of rotatable bonds is 7. The Labute approximate surface area is 90.9 Å². The molecule has 88 valence electrons. The molecule has 0 spiro atoms. The molecule has 3 unspecified atom stereocenters. The summed E-state index contributed by atoms with van der Waals surface area (Å²) in [6.07, 6.45) is -0.400. The number of carbonyl (C=O) groups excluding carboxylic acids is 2. The monoisotopic (exact) mass is 216 g/mol. The molecule has 0 bridgehead atoms. The van der Waals surface area contributed by atoms with Gasteiger partial charge in [-0.05, 0) is 26.2 Å². The van der Waals surface area contributed by atoms with Crippen LogP contribution in [0.5, 0.6) is 0 Å². The summed E-state index contributed by atoms with van der Waals surface area (Å²) < 4.78 is 10.1. The Morgan fingerprint density at radius 2 is 1.60 bits per heavy atom. The van der Waals surface area contributed by atoms with E-state index in [1.165, 1.54) is 28.1 Å². The van der Waals surface area contributed by atoms with Crippen LogP contribution in [0.2, 0.25) is 0 Å². The Hall–Kier alpha value is -0.740. The van der Waals surface area contributed by atoms with Gasteiger partial charge in [-0.3, -0.25) is 9.59 Å². The highest BCUT2D eigenvalue weighted by Crippen LogP contribution is 2.16. The van der Waals surface area contributed by atoms with E-state index in [1.807, 2.05) is 6.92 Å². The van der Waals surface area contributed by atoms with Crippen LogP contribution in [0.25, 0.3) is 0 Å². The largest absolute Gasteiger partial charge is 0.374 e. The molecule has 4 nitrogen and oxygen atoms in total. The van der Waals surface area contributed by atoms with Gasteiger partial charge in [0.05, 0.1) is 0 Å². The standard InChI is InChI=1S/C11H20O4/c1-7(11(15-5)9(3)13)6-10(14-4)8(2)12/h7,10-11H,6H2,1-5H3. The van der Waals surface area contributed by atoms with Crippen molar-refractivity contribution in [2.45, 2.75) is 39.4 Å². The highest BCUT2D eigenvalue weighted by molar-refractivity contribution is 5.82. The molecule has 0 saturated heterocycles. The summed E-state index contributed by atoms with van der Waals surface area (Å²) in [5, 5.41) is 0. The van der Waals surface area contributed by atoms with E-state index in [2.05, 4.69) is 0 Å². The highest BCUT2D eigenvalue weighted by Gasteiger charge is 2.26. The number of ketones is 2. The first kappa shape index (κ1) is 14.3. The van der Waals surface area contributed by atoms with Gasteiger partial charge in [0.15, 0.2) is 11.6 Å². The van der Waals surface area contributed by atoms with E-state index in [4.69, 9.17) is 9.47 Å². The van der Waals surface area contributed by atoms with E-state index in [9.17, 15) is 9.59 Å². The topological polar surface area (TPSA) is 52.6 Å². The summed E-state index contributed by atoms with van der Waals surface area (Å²) in [5.41, 5.74) is 0. The molecule has 0 N–H and O–H groups in total. The molecular formula is C11H20O4. The van der Waals surface area contributed by atoms with Crippen LogP contribution >= 0.6 is 0 Å². The lowest BCUT2D eigenvalue weighted by Crippen LogP contribution is -2.33. The molecule has 0 saturated carbocycles. The maximum absolute atomic E-state index is 11.2. The van der Waals surface area contributed by atoms with Gasteiger partial charge < -0.3 is 9.47 Å². The Bertz CT molecular complexity index is 225. The number of carbonyl (C=O) groups is 2. The molecular weight excluding hydrogens is 196 g/mol. The number of hydrogen-bond donors (Lipinski definition) is 0. The molecule has 0 fully saturated rings. The smallest absolute Gasteiger partial charge is 0.158 e. The fourth-order valence-electron chi connectivity index (χ4n) is 1.69. The zero-order valence-electron chi connectivity index (χ0n) is 10.1. The summed E-state index contributed by atoms with van der Waals surface area (Å²) >= 11 is 0. The predicted octanol–water partition coefficient (Wildman–Crippen LogP) is 1.22. The molecule has 0 aliphatic heterocycles. The van der Waals surface area contributed by atoms with Crippen molar-refractivity contribution >= 4 is 11.6 Å². The molecule has 4 heteroatoms. The lowest BCUT2D eigenvalue weighted by Gasteiger charge is -2.23. The van der Waals surface area contributed by atoms with Crippen molar-refractivity contribution in [1.29, 1.82) is 0 Å². The molecule has 0 amide bonds. The predicted molar refractivity (Wildman–Crippen MR) is 56.7 cm³/mol. The first-order valence-electron chi connectivity index (χ1n) is 5.00. The number of hydrogen-bond acceptors (Lipinski definition) is 4. The lowest BCUT2D eigenvalue weighted by molar-refractivity contribution is -0.134. The molecule has 0 aromatic rings. The van der Waals surface area contributed by atoms with E-state index in [1.54, 1.807) is 0 Å². The minimum absolute atomic E-state index is 0.0246. The second-order valence-electron chi connectivity index (χ2n) is 3.81. The Balaban J connectivity index is 4.37. The summed E-state index contributed by atoms with van der Waals surface area (Å²) in [5.74, 6) is -0.0764. The van der Waals surface area contributed by atoms with Crippen LogP contribution in [0.3, 0.4) is 0 Å². The molecule has 0 radical (unpaired) electrons. The maximum Gasteiger partial charge on any atom is 0.158 e. The van der Waals surface area contributed by atoms with E-state index in [-0.39, 0.29) is 17.5 Å². The van der Waals surface area contributed by atoms with Crippen LogP contribution in [0.15, 0.2) is 0 Å². The summed E-state index contributed by atoms with van der Waals surface area (Å²) in [6.45, 7) is 4.85. The van der Waals surface area contributed by atoms with Crippen LogP contribution in [-0.4, -0.2) is 38.0 Å². The van der Waals surface area contributed by atoms with Gasteiger partial charge in [-0.15, -0.1) is 0 Å². The van der Waals surface area contributed by atoms with Crippen molar-refractivity contribution in [2.24, 2.45) is 5.92 Å². The van der Waals surface area contributed by atoms with Gasteiger partial charge in [0, 0.05) is 14.2 Å². The average molecular weight is 216 g/mol. The number of ether oxygens (including phenoxy) is 2. The van der Waals surface area contributed by atoms with Crippen molar-refractivity contribution in [2.75, 3.05) is 14.2 Å².